The van der Waals surface area contributed by atoms with Crippen molar-refractivity contribution in [2.45, 2.75) is 19.8 Å². The summed E-state index contributed by atoms with van der Waals surface area (Å²) in [6, 6.07) is 1.83. The number of rotatable bonds is 2. The second kappa shape index (κ2) is 4.74. The Bertz CT molecular complexity index is 350. The van der Waals surface area contributed by atoms with E-state index in [1.165, 1.54) is 0 Å². The Morgan fingerprint density at radius 1 is 1.62 bits per heavy atom. The quantitative estimate of drug-likeness (QED) is 0.734. The number of hydrogen-bond acceptors (Lipinski definition) is 2. The van der Waals surface area contributed by atoms with Gasteiger partial charge in [0.2, 0.25) is 0 Å². The zero-order valence-electron chi connectivity index (χ0n) is 7.47. The van der Waals surface area contributed by atoms with Crippen molar-refractivity contribution >= 4 is 17.4 Å². The highest BCUT2D eigenvalue weighted by atomic mass is 35.5. The highest BCUT2D eigenvalue weighted by Crippen LogP contribution is 2.15. The van der Waals surface area contributed by atoms with Crippen LogP contribution >= 0.6 is 11.6 Å². The van der Waals surface area contributed by atoms with Crippen LogP contribution in [0.25, 0.3) is 0 Å². The zero-order valence-corrected chi connectivity index (χ0v) is 8.23. The standard InChI is InChI=1S/C10H11ClN2/c1-2-3-4-5-8-6-9(11)7-13-10(8)12/h6-7H,4-5H2,1H3,(H2,12,13). The third-order valence-corrected chi connectivity index (χ3v) is 1.87. The van der Waals surface area contributed by atoms with Gasteiger partial charge < -0.3 is 5.73 Å². The van der Waals surface area contributed by atoms with Crippen molar-refractivity contribution in [3.63, 3.8) is 0 Å². The second-order valence-corrected chi connectivity index (χ2v) is 3.06. The van der Waals surface area contributed by atoms with Gasteiger partial charge in [0, 0.05) is 12.6 Å². The molecule has 0 saturated carbocycles. The van der Waals surface area contributed by atoms with E-state index in [0.29, 0.717) is 10.8 Å². The summed E-state index contributed by atoms with van der Waals surface area (Å²) in [4.78, 5) is 3.96. The molecule has 0 aliphatic carbocycles. The van der Waals surface area contributed by atoms with Crippen LogP contribution in [0, 0.1) is 11.8 Å². The summed E-state index contributed by atoms with van der Waals surface area (Å²) in [5.74, 6) is 6.34. The van der Waals surface area contributed by atoms with Crippen LogP contribution in [0.5, 0.6) is 0 Å². The Morgan fingerprint density at radius 2 is 2.38 bits per heavy atom. The number of aryl methyl sites for hydroxylation is 1. The third kappa shape index (κ3) is 2.96. The fourth-order valence-corrected chi connectivity index (χ4v) is 1.19. The number of nitrogen functional groups attached to an aromatic ring is 1. The van der Waals surface area contributed by atoms with Crippen molar-refractivity contribution in [3.8, 4) is 11.8 Å². The molecule has 13 heavy (non-hydrogen) atoms. The van der Waals surface area contributed by atoms with Crippen LogP contribution in [-0.2, 0) is 6.42 Å². The van der Waals surface area contributed by atoms with Gasteiger partial charge >= 0.3 is 0 Å². The number of nitrogens with two attached hydrogens (primary N) is 1. The molecule has 1 aromatic heterocycles. The number of halogens is 1. The van der Waals surface area contributed by atoms with Crippen molar-refractivity contribution in [2.24, 2.45) is 0 Å². The van der Waals surface area contributed by atoms with E-state index < -0.39 is 0 Å². The summed E-state index contributed by atoms with van der Waals surface area (Å²) in [6.45, 7) is 1.82. The van der Waals surface area contributed by atoms with E-state index in [1.807, 2.05) is 13.0 Å². The molecule has 1 aromatic rings. The number of anilines is 1. The van der Waals surface area contributed by atoms with Crippen LogP contribution < -0.4 is 5.73 Å². The number of hydrogen-bond donors (Lipinski definition) is 1. The maximum atomic E-state index is 5.78. The van der Waals surface area contributed by atoms with Crippen molar-refractivity contribution in [3.05, 3.63) is 22.8 Å². The molecule has 3 heteroatoms. The summed E-state index contributed by atoms with van der Waals surface area (Å²) >= 11 is 5.78. The third-order valence-electron chi connectivity index (χ3n) is 1.66. The molecule has 68 valence electrons. The molecule has 0 spiro atoms. The molecule has 1 rings (SSSR count). The molecule has 0 aromatic carbocycles. The van der Waals surface area contributed by atoms with Gasteiger partial charge in [0.25, 0.3) is 0 Å². The molecule has 0 unspecified atom stereocenters. The molecule has 0 aliphatic rings. The van der Waals surface area contributed by atoms with E-state index in [1.54, 1.807) is 6.20 Å². The van der Waals surface area contributed by atoms with Crippen molar-refractivity contribution in [1.82, 2.24) is 4.98 Å². The van der Waals surface area contributed by atoms with Gasteiger partial charge in [-0.2, -0.15) is 0 Å². The van der Waals surface area contributed by atoms with Crippen LogP contribution in [0.4, 0.5) is 5.82 Å². The number of nitrogens with zero attached hydrogens (tertiary/aromatic N) is 1. The van der Waals surface area contributed by atoms with Gasteiger partial charge in [-0.25, -0.2) is 4.98 Å². The number of aromatic nitrogens is 1. The molecule has 0 atom stereocenters. The van der Waals surface area contributed by atoms with Gasteiger partial charge in [-0.15, -0.1) is 11.8 Å². The van der Waals surface area contributed by atoms with Crippen molar-refractivity contribution in [1.29, 1.82) is 0 Å². The van der Waals surface area contributed by atoms with Crippen molar-refractivity contribution in [2.75, 3.05) is 5.73 Å². The van der Waals surface area contributed by atoms with E-state index >= 15 is 0 Å². The van der Waals surface area contributed by atoms with Crippen LogP contribution in [0.15, 0.2) is 12.3 Å². The summed E-state index contributed by atoms with van der Waals surface area (Å²) in [5, 5.41) is 0.619. The highest BCUT2D eigenvalue weighted by molar-refractivity contribution is 6.30. The predicted octanol–water partition coefficient (Wildman–Crippen LogP) is 2.27. The SMILES string of the molecule is CC#CCCc1cc(Cl)cnc1N. The molecule has 0 bridgehead atoms. The summed E-state index contributed by atoms with van der Waals surface area (Å²) < 4.78 is 0. The zero-order chi connectivity index (χ0) is 9.68. The summed E-state index contributed by atoms with van der Waals surface area (Å²) in [5.41, 5.74) is 6.62. The van der Waals surface area contributed by atoms with E-state index in [0.717, 1.165) is 18.4 Å². The van der Waals surface area contributed by atoms with Crippen LogP contribution in [0.3, 0.4) is 0 Å². The number of pyridine rings is 1. The lowest BCUT2D eigenvalue weighted by atomic mass is 10.1. The molecule has 1 heterocycles. The first-order chi connectivity index (χ1) is 6.24. The largest absolute Gasteiger partial charge is 0.383 e. The molecule has 0 amide bonds. The lowest BCUT2D eigenvalue weighted by Crippen LogP contribution is -1.97. The molecular formula is C10H11ClN2. The van der Waals surface area contributed by atoms with Gasteiger partial charge in [0.05, 0.1) is 5.02 Å². The highest BCUT2D eigenvalue weighted by Gasteiger charge is 1.99. The molecule has 2 N–H and O–H groups in total. The van der Waals surface area contributed by atoms with E-state index in [9.17, 15) is 0 Å². The lowest BCUT2D eigenvalue weighted by Gasteiger charge is -2.01. The Balaban J connectivity index is 2.73. The topological polar surface area (TPSA) is 38.9 Å². The first-order valence-electron chi connectivity index (χ1n) is 4.03. The minimum atomic E-state index is 0.544. The molecule has 0 radical (unpaired) electrons. The van der Waals surface area contributed by atoms with Crippen molar-refractivity contribution < 1.29 is 0 Å². The summed E-state index contributed by atoms with van der Waals surface area (Å²) in [6.07, 6.45) is 3.15. The first kappa shape index (κ1) is 9.88. The van der Waals surface area contributed by atoms with E-state index in [-0.39, 0.29) is 0 Å². The van der Waals surface area contributed by atoms with Gasteiger partial charge in [0.1, 0.15) is 5.82 Å². The molecule has 0 fully saturated rings. The minimum absolute atomic E-state index is 0.544. The van der Waals surface area contributed by atoms with Crippen LogP contribution in [0.2, 0.25) is 5.02 Å². The van der Waals surface area contributed by atoms with Crippen LogP contribution in [-0.4, -0.2) is 4.98 Å². The molecular weight excluding hydrogens is 184 g/mol. The normalized spacial score (nSPS) is 9.08. The fraction of sp³-hybridized carbons (Fsp3) is 0.300. The average Bonchev–Trinajstić information content (AvgIpc) is 2.11. The maximum Gasteiger partial charge on any atom is 0.126 e. The van der Waals surface area contributed by atoms with E-state index in [4.69, 9.17) is 17.3 Å². The molecule has 2 nitrogen and oxygen atoms in total. The lowest BCUT2D eigenvalue weighted by molar-refractivity contribution is 1.02. The van der Waals surface area contributed by atoms with Gasteiger partial charge in [0.15, 0.2) is 0 Å². The average molecular weight is 195 g/mol. The van der Waals surface area contributed by atoms with Gasteiger partial charge in [-0.05, 0) is 25.0 Å². The smallest absolute Gasteiger partial charge is 0.126 e. The Hall–Kier alpha value is -1.20. The Morgan fingerprint density at radius 3 is 3.08 bits per heavy atom. The van der Waals surface area contributed by atoms with Gasteiger partial charge in [-0.1, -0.05) is 11.6 Å². The van der Waals surface area contributed by atoms with Gasteiger partial charge in [-0.3, -0.25) is 0 Å². The second-order valence-electron chi connectivity index (χ2n) is 2.62. The minimum Gasteiger partial charge on any atom is -0.383 e. The first-order valence-corrected chi connectivity index (χ1v) is 4.41. The fourth-order valence-electron chi connectivity index (χ4n) is 1.01. The monoisotopic (exact) mass is 194 g/mol. The maximum absolute atomic E-state index is 5.78. The Labute approximate surface area is 83.1 Å². The summed E-state index contributed by atoms with van der Waals surface area (Å²) in [7, 11) is 0. The molecule has 0 aliphatic heterocycles. The van der Waals surface area contributed by atoms with E-state index in [2.05, 4.69) is 16.8 Å². The predicted molar refractivity (Wildman–Crippen MR) is 55.4 cm³/mol. The van der Waals surface area contributed by atoms with Crippen LogP contribution in [0.1, 0.15) is 18.9 Å². The Kier molecular flexibility index (Phi) is 3.60. The molecule has 0 saturated heterocycles.